The third-order valence-corrected chi connectivity index (χ3v) is 3.03. The smallest absolute Gasteiger partial charge is 0.212 e. The van der Waals surface area contributed by atoms with Gasteiger partial charge in [0.2, 0.25) is 9.05 Å². The van der Waals surface area contributed by atoms with Crippen molar-refractivity contribution in [1.29, 1.82) is 0 Å². The van der Waals surface area contributed by atoms with Gasteiger partial charge in [-0.2, -0.15) is 0 Å². The largest absolute Gasteiger partial charge is 0.236 e. The maximum absolute atomic E-state index is 13.4. The normalized spacial score (nSPS) is 11.7. The van der Waals surface area contributed by atoms with Gasteiger partial charge < -0.3 is 0 Å². The summed E-state index contributed by atoms with van der Waals surface area (Å²) in [5.41, 5.74) is 0.899. The van der Waals surface area contributed by atoms with Crippen molar-refractivity contribution in [2.24, 2.45) is 0 Å². The molecule has 15 heavy (non-hydrogen) atoms. The fraction of sp³-hybridized carbons (Fsp3) is 0.400. The molecule has 2 nitrogen and oxygen atoms in total. The van der Waals surface area contributed by atoms with E-state index in [2.05, 4.69) is 0 Å². The van der Waals surface area contributed by atoms with Crippen molar-refractivity contribution < 1.29 is 12.8 Å². The first-order valence-electron chi connectivity index (χ1n) is 4.62. The van der Waals surface area contributed by atoms with Gasteiger partial charge in [-0.25, -0.2) is 12.8 Å². The molecule has 0 fully saturated rings. The van der Waals surface area contributed by atoms with E-state index < -0.39 is 9.05 Å². The number of rotatable bonds is 4. The van der Waals surface area contributed by atoms with Gasteiger partial charge in [-0.05, 0) is 23.6 Å². The Hall–Kier alpha value is -0.610. The van der Waals surface area contributed by atoms with E-state index in [0.717, 1.165) is 6.42 Å². The molecule has 0 saturated carbocycles. The van der Waals surface area contributed by atoms with Crippen LogP contribution in [0.25, 0.3) is 0 Å². The molecule has 0 aliphatic carbocycles. The summed E-state index contributed by atoms with van der Waals surface area (Å²) in [7, 11) is 1.51. The molecule has 0 amide bonds. The molecule has 84 valence electrons. The van der Waals surface area contributed by atoms with E-state index >= 15 is 0 Å². The van der Waals surface area contributed by atoms with Gasteiger partial charge in [-0.1, -0.05) is 25.5 Å². The van der Waals surface area contributed by atoms with Crippen molar-refractivity contribution in [3.05, 3.63) is 35.1 Å². The maximum Gasteiger partial charge on any atom is 0.236 e. The summed E-state index contributed by atoms with van der Waals surface area (Å²) in [6.07, 6.45) is 1.28. The summed E-state index contributed by atoms with van der Waals surface area (Å²) in [6.45, 7) is 1.91. The molecule has 0 aliphatic rings. The standard InChI is InChI=1S/C10H12ClFO2S/c1-2-4-9-8(7-15(11,13)14)5-3-6-10(9)12/h3,5-6H,2,4,7H2,1H3. The van der Waals surface area contributed by atoms with Gasteiger partial charge in [0.25, 0.3) is 0 Å². The molecule has 0 aromatic heterocycles. The van der Waals surface area contributed by atoms with Gasteiger partial charge in [-0.3, -0.25) is 0 Å². The minimum absolute atomic E-state index is 0.318. The molecule has 0 radical (unpaired) electrons. The molecular weight excluding hydrogens is 239 g/mol. The van der Waals surface area contributed by atoms with E-state index in [1.54, 1.807) is 6.07 Å². The van der Waals surface area contributed by atoms with E-state index in [1.165, 1.54) is 12.1 Å². The molecule has 0 spiro atoms. The Morgan fingerprint density at radius 1 is 1.40 bits per heavy atom. The number of benzene rings is 1. The van der Waals surface area contributed by atoms with Gasteiger partial charge in [0, 0.05) is 10.7 Å². The third kappa shape index (κ3) is 3.80. The first-order chi connectivity index (χ1) is 6.94. The average molecular weight is 251 g/mol. The van der Waals surface area contributed by atoms with Crippen molar-refractivity contribution in [2.75, 3.05) is 0 Å². The predicted octanol–water partition coefficient (Wildman–Crippen LogP) is 2.85. The van der Waals surface area contributed by atoms with Crippen LogP contribution in [0, 0.1) is 5.82 Å². The Morgan fingerprint density at radius 2 is 2.07 bits per heavy atom. The van der Waals surface area contributed by atoms with Gasteiger partial charge in [0.15, 0.2) is 0 Å². The lowest BCUT2D eigenvalue weighted by molar-refractivity contribution is 0.600. The minimum Gasteiger partial charge on any atom is -0.212 e. The molecule has 5 heteroatoms. The minimum atomic E-state index is -3.63. The molecular formula is C10H12ClFO2S. The van der Waals surface area contributed by atoms with E-state index in [-0.39, 0.29) is 11.6 Å². The fourth-order valence-electron chi connectivity index (χ4n) is 1.45. The highest BCUT2D eigenvalue weighted by atomic mass is 35.7. The molecule has 0 N–H and O–H groups in total. The van der Waals surface area contributed by atoms with Gasteiger partial charge in [0.05, 0.1) is 5.75 Å². The van der Waals surface area contributed by atoms with Crippen LogP contribution in [0.1, 0.15) is 24.5 Å². The highest BCUT2D eigenvalue weighted by Crippen LogP contribution is 2.19. The summed E-state index contributed by atoms with van der Waals surface area (Å²) in [4.78, 5) is 0. The Bertz CT molecular complexity index is 443. The van der Waals surface area contributed by atoms with Gasteiger partial charge in [0.1, 0.15) is 5.82 Å². The van der Waals surface area contributed by atoms with Crippen molar-refractivity contribution >= 4 is 19.7 Å². The quantitative estimate of drug-likeness (QED) is 0.770. The van der Waals surface area contributed by atoms with Crippen LogP contribution in [0.5, 0.6) is 0 Å². The number of hydrogen-bond donors (Lipinski definition) is 0. The predicted molar refractivity (Wildman–Crippen MR) is 58.9 cm³/mol. The number of hydrogen-bond acceptors (Lipinski definition) is 2. The zero-order chi connectivity index (χ0) is 11.5. The molecule has 1 aromatic rings. The first kappa shape index (κ1) is 12.5. The Kier molecular flexibility index (Phi) is 4.11. The van der Waals surface area contributed by atoms with Crippen LogP contribution in [-0.4, -0.2) is 8.42 Å². The molecule has 0 unspecified atom stereocenters. The Labute approximate surface area is 93.5 Å². The summed E-state index contributed by atoms with van der Waals surface area (Å²) in [5, 5.41) is 0. The first-order valence-corrected chi connectivity index (χ1v) is 7.10. The topological polar surface area (TPSA) is 34.1 Å². The number of halogens is 2. The van der Waals surface area contributed by atoms with Gasteiger partial charge >= 0.3 is 0 Å². The van der Waals surface area contributed by atoms with Crippen LogP contribution < -0.4 is 0 Å². The average Bonchev–Trinajstić information content (AvgIpc) is 2.08. The molecule has 1 aromatic carbocycles. The second kappa shape index (κ2) is 4.94. The molecule has 0 saturated heterocycles. The zero-order valence-electron chi connectivity index (χ0n) is 8.33. The van der Waals surface area contributed by atoms with Crippen LogP contribution in [-0.2, 0) is 21.2 Å². The van der Waals surface area contributed by atoms with Crippen LogP contribution >= 0.6 is 10.7 Å². The van der Waals surface area contributed by atoms with E-state index in [1.807, 2.05) is 6.92 Å². The Balaban J connectivity index is 3.11. The van der Waals surface area contributed by atoms with E-state index in [4.69, 9.17) is 10.7 Å². The molecule has 1 rings (SSSR count). The Morgan fingerprint density at radius 3 is 2.60 bits per heavy atom. The monoisotopic (exact) mass is 250 g/mol. The third-order valence-electron chi connectivity index (χ3n) is 2.04. The second-order valence-corrected chi connectivity index (χ2v) is 6.09. The highest BCUT2D eigenvalue weighted by Gasteiger charge is 2.13. The van der Waals surface area contributed by atoms with Gasteiger partial charge in [-0.15, -0.1) is 0 Å². The lowest BCUT2D eigenvalue weighted by atomic mass is 10.0. The van der Waals surface area contributed by atoms with E-state index in [0.29, 0.717) is 17.5 Å². The second-order valence-electron chi connectivity index (χ2n) is 3.31. The molecule has 0 aliphatic heterocycles. The van der Waals surface area contributed by atoms with Crippen LogP contribution in [0.2, 0.25) is 0 Å². The summed E-state index contributed by atoms with van der Waals surface area (Å²) < 4.78 is 35.2. The lowest BCUT2D eigenvalue weighted by Crippen LogP contribution is -2.02. The van der Waals surface area contributed by atoms with Crippen molar-refractivity contribution in [3.8, 4) is 0 Å². The van der Waals surface area contributed by atoms with E-state index in [9.17, 15) is 12.8 Å². The fourth-order valence-corrected chi connectivity index (χ4v) is 2.45. The molecule has 0 heterocycles. The maximum atomic E-state index is 13.4. The summed E-state index contributed by atoms with van der Waals surface area (Å²) in [6, 6.07) is 4.41. The zero-order valence-corrected chi connectivity index (χ0v) is 9.91. The summed E-state index contributed by atoms with van der Waals surface area (Å²) >= 11 is 0. The van der Waals surface area contributed by atoms with Crippen LogP contribution in [0.15, 0.2) is 18.2 Å². The lowest BCUT2D eigenvalue weighted by Gasteiger charge is -2.07. The highest BCUT2D eigenvalue weighted by molar-refractivity contribution is 8.13. The van der Waals surface area contributed by atoms with Crippen molar-refractivity contribution in [3.63, 3.8) is 0 Å². The van der Waals surface area contributed by atoms with Crippen LogP contribution in [0.3, 0.4) is 0 Å². The SMILES string of the molecule is CCCc1c(F)cccc1CS(=O)(=O)Cl. The van der Waals surface area contributed by atoms with Crippen molar-refractivity contribution in [1.82, 2.24) is 0 Å². The summed E-state index contributed by atoms with van der Waals surface area (Å²) in [5.74, 6) is -0.684. The molecule has 0 bridgehead atoms. The molecule has 0 atom stereocenters. The van der Waals surface area contributed by atoms with Crippen LogP contribution in [0.4, 0.5) is 4.39 Å². The van der Waals surface area contributed by atoms with Crippen molar-refractivity contribution in [2.45, 2.75) is 25.5 Å².